The summed E-state index contributed by atoms with van der Waals surface area (Å²) in [6.07, 6.45) is 1.41. The molecule has 1 aromatic carbocycles. The fourth-order valence-corrected chi connectivity index (χ4v) is 4.32. The lowest BCUT2D eigenvalue weighted by Gasteiger charge is -2.32. The molecule has 0 aliphatic carbocycles. The highest BCUT2D eigenvalue weighted by molar-refractivity contribution is 9.10. The van der Waals surface area contributed by atoms with Crippen molar-refractivity contribution in [3.63, 3.8) is 0 Å². The van der Waals surface area contributed by atoms with E-state index in [0.717, 1.165) is 48.4 Å². The number of likely N-dealkylation sites (N-methyl/N-ethyl adjacent to an activating group) is 1. The Morgan fingerprint density at radius 2 is 1.89 bits per heavy atom. The minimum Gasteiger partial charge on any atom is -0.490 e. The van der Waals surface area contributed by atoms with Gasteiger partial charge in [-0.1, -0.05) is 13.8 Å². The topological polar surface area (TPSA) is 42.0 Å². The molecule has 0 atom stereocenters. The van der Waals surface area contributed by atoms with Crippen molar-refractivity contribution in [3.8, 4) is 5.75 Å². The van der Waals surface area contributed by atoms with Gasteiger partial charge in [-0.05, 0) is 73.7 Å². The summed E-state index contributed by atoms with van der Waals surface area (Å²) in [4.78, 5) is 16.6. The molecule has 2 aliphatic heterocycles. The Kier molecular flexibility index (Phi) is 7.43. The van der Waals surface area contributed by atoms with Crippen LogP contribution in [0.1, 0.15) is 52.7 Å². The van der Waals surface area contributed by atoms with E-state index in [4.69, 9.17) is 9.47 Å². The second kappa shape index (κ2) is 9.18. The van der Waals surface area contributed by atoms with Crippen LogP contribution < -0.4 is 9.64 Å². The number of benzene rings is 1. The zero-order chi connectivity index (χ0) is 20.2. The van der Waals surface area contributed by atoms with Gasteiger partial charge < -0.3 is 19.3 Å². The van der Waals surface area contributed by atoms with Crippen molar-refractivity contribution in [1.82, 2.24) is 4.90 Å². The number of hydrogen-bond acceptors (Lipinski definition) is 4. The van der Waals surface area contributed by atoms with Crippen LogP contribution in [0.2, 0.25) is 0 Å². The van der Waals surface area contributed by atoms with Gasteiger partial charge in [-0.2, -0.15) is 0 Å². The van der Waals surface area contributed by atoms with Crippen molar-refractivity contribution in [2.24, 2.45) is 0 Å². The molecule has 1 amide bonds. The first kappa shape index (κ1) is 21.9. The molecule has 0 fully saturated rings. The Balaban J connectivity index is 0.00000126. The molecule has 0 unspecified atom stereocenters. The van der Waals surface area contributed by atoms with Gasteiger partial charge in [-0.25, -0.2) is 4.79 Å². The van der Waals surface area contributed by atoms with Gasteiger partial charge >= 0.3 is 6.09 Å². The molecule has 27 heavy (non-hydrogen) atoms. The maximum Gasteiger partial charge on any atom is 0.410 e. The Labute approximate surface area is 172 Å². The predicted molar refractivity (Wildman–Crippen MR) is 114 cm³/mol. The molecule has 6 heteroatoms. The summed E-state index contributed by atoms with van der Waals surface area (Å²) in [7, 11) is 0. The highest BCUT2D eigenvalue weighted by Gasteiger charge is 2.28. The molecule has 0 aromatic heterocycles. The second-order valence-electron chi connectivity index (χ2n) is 7.57. The summed E-state index contributed by atoms with van der Waals surface area (Å²) in [5.41, 5.74) is 3.23. The molecular weight excluding hydrogens is 408 g/mol. The summed E-state index contributed by atoms with van der Waals surface area (Å²) >= 11 is 3.82. The number of amides is 1. The number of nitrogens with zero attached hydrogens (tertiary/aromatic N) is 2. The monoisotopic (exact) mass is 440 g/mol. The standard InChI is InChI=1S/C19H27BrN2O3.C2H6/c1-5-21-10-11-24-15-12-13-6-8-22(18(23)25-19(2,3)4)9-7-14(13)16(20)17(15)21;1-2/h12H,5-11H2,1-4H3;1-2H3. The van der Waals surface area contributed by atoms with E-state index in [1.807, 2.05) is 39.5 Å². The van der Waals surface area contributed by atoms with Crippen LogP contribution in [0.3, 0.4) is 0 Å². The van der Waals surface area contributed by atoms with Crippen molar-refractivity contribution in [1.29, 1.82) is 0 Å². The van der Waals surface area contributed by atoms with Gasteiger partial charge in [0.1, 0.15) is 18.0 Å². The lowest BCUT2D eigenvalue weighted by Crippen LogP contribution is -2.38. The number of rotatable bonds is 1. The summed E-state index contributed by atoms with van der Waals surface area (Å²) in [6, 6.07) is 2.16. The first-order valence-corrected chi connectivity index (χ1v) is 10.8. The first-order valence-electron chi connectivity index (χ1n) is 10.00. The van der Waals surface area contributed by atoms with Crippen molar-refractivity contribution in [2.45, 2.75) is 60.0 Å². The van der Waals surface area contributed by atoms with Crippen LogP contribution in [0.15, 0.2) is 10.5 Å². The van der Waals surface area contributed by atoms with E-state index in [1.54, 1.807) is 0 Å². The molecule has 152 valence electrons. The molecule has 2 heterocycles. The molecule has 0 N–H and O–H groups in total. The molecular formula is C21H33BrN2O3. The summed E-state index contributed by atoms with van der Waals surface area (Å²) < 4.78 is 12.6. The van der Waals surface area contributed by atoms with Crippen LogP contribution in [0.25, 0.3) is 0 Å². The van der Waals surface area contributed by atoms with Crippen LogP contribution in [0.5, 0.6) is 5.75 Å². The van der Waals surface area contributed by atoms with Crippen LogP contribution in [0, 0.1) is 0 Å². The molecule has 0 saturated carbocycles. The third-order valence-electron chi connectivity index (χ3n) is 4.65. The molecule has 0 spiro atoms. The lowest BCUT2D eigenvalue weighted by atomic mass is 10.0. The van der Waals surface area contributed by atoms with Crippen molar-refractivity contribution in [2.75, 3.05) is 37.7 Å². The number of fused-ring (bicyclic) bond motifs is 2. The number of ether oxygens (including phenoxy) is 2. The number of carbonyl (C=O) groups excluding carboxylic acids is 1. The normalized spacial score (nSPS) is 16.3. The largest absolute Gasteiger partial charge is 0.490 e. The Morgan fingerprint density at radius 1 is 1.22 bits per heavy atom. The summed E-state index contributed by atoms with van der Waals surface area (Å²) in [6.45, 7) is 15.8. The van der Waals surface area contributed by atoms with E-state index < -0.39 is 5.60 Å². The van der Waals surface area contributed by atoms with Crippen LogP contribution >= 0.6 is 15.9 Å². The molecule has 0 radical (unpaired) electrons. The van der Waals surface area contributed by atoms with Crippen LogP contribution in [-0.4, -0.2) is 49.4 Å². The third-order valence-corrected chi connectivity index (χ3v) is 5.50. The van der Waals surface area contributed by atoms with Gasteiger partial charge in [-0.15, -0.1) is 0 Å². The predicted octanol–water partition coefficient (Wildman–Crippen LogP) is 5.03. The molecule has 5 nitrogen and oxygen atoms in total. The Hall–Kier alpha value is -1.43. The zero-order valence-corrected chi connectivity index (χ0v) is 19.1. The van der Waals surface area contributed by atoms with Crippen LogP contribution in [0.4, 0.5) is 10.5 Å². The van der Waals surface area contributed by atoms with Crippen LogP contribution in [-0.2, 0) is 17.6 Å². The SMILES string of the molecule is CC.CCN1CCOc2cc3c(c(Br)c21)CCN(C(=O)OC(C)(C)C)CC3. The fourth-order valence-electron chi connectivity index (χ4n) is 3.42. The number of carbonyl (C=O) groups is 1. The number of anilines is 1. The average molecular weight is 441 g/mol. The third kappa shape index (κ3) is 5.09. The molecule has 2 aliphatic rings. The van der Waals surface area contributed by atoms with Gasteiger partial charge in [0.25, 0.3) is 0 Å². The zero-order valence-electron chi connectivity index (χ0n) is 17.5. The minimum absolute atomic E-state index is 0.229. The maximum absolute atomic E-state index is 12.4. The van der Waals surface area contributed by atoms with E-state index in [9.17, 15) is 4.79 Å². The van der Waals surface area contributed by atoms with Gasteiger partial charge in [0, 0.05) is 24.1 Å². The van der Waals surface area contributed by atoms with E-state index in [2.05, 4.69) is 33.8 Å². The number of hydrogen-bond donors (Lipinski definition) is 0. The van der Waals surface area contributed by atoms with Gasteiger partial charge in [0.05, 0.1) is 12.2 Å². The van der Waals surface area contributed by atoms with Crippen molar-refractivity contribution >= 4 is 27.7 Å². The second-order valence-corrected chi connectivity index (χ2v) is 8.36. The number of halogens is 1. The van der Waals surface area contributed by atoms with Crippen molar-refractivity contribution < 1.29 is 14.3 Å². The van der Waals surface area contributed by atoms with Gasteiger partial charge in [0.15, 0.2) is 0 Å². The molecule has 3 rings (SSSR count). The quantitative estimate of drug-likeness (QED) is 0.613. The molecule has 1 aromatic rings. The van der Waals surface area contributed by atoms with E-state index in [1.165, 1.54) is 11.1 Å². The smallest absolute Gasteiger partial charge is 0.410 e. The Bertz CT molecular complexity index is 670. The molecule has 0 saturated heterocycles. The lowest BCUT2D eigenvalue weighted by molar-refractivity contribution is 0.0258. The summed E-state index contributed by atoms with van der Waals surface area (Å²) in [5.74, 6) is 0.949. The molecule has 0 bridgehead atoms. The minimum atomic E-state index is -0.467. The fraction of sp³-hybridized carbons (Fsp3) is 0.667. The van der Waals surface area contributed by atoms with Gasteiger partial charge in [0.2, 0.25) is 0 Å². The van der Waals surface area contributed by atoms with Gasteiger partial charge in [-0.3, -0.25) is 0 Å². The Morgan fingerprint density at radius 3 is 2.52 bits per heavy atom. The summed E-state index contributed by atoms with van der Waals surface area (Å²) in [5, 5.41) is 0. The van der Waals surface area contributed by atoms with Crippen molar-refractivity contribution in [3.05, 3.63) is 21.7 Å². The van der Waals surface area contributed by atoms with E-state index in [-0.39, 0.29) is 6.09 Å². The van der Waals surface area contributed by atoms with E-state index >= 15 is 0 Å². The van der Waals surface area contributed by atoms with E-state index in [0.29, 0.717) is 13.1 Å². The maximum atomic E-state index is 12.4. The highest BCUT2D eigenvalue weighted by Crippen LogP contribution is 2.43. The first-order chi connectivity index (χ1) is 12.8. The average Bonchev–Trinajstić information content (AvgIpc) is 2.84. The highest BCUT2D eigenvalue weighted by atomic mass is 79.9.